The number of piperidine rings is 1. The molecule has 0 spiro atoms. The van der Waals surface area contributed by atoms with Crippen molar-refractivity contribution >= 4 is 17.5 Å². The van der Waals surface area contributed by atoms with Gasteiger partial charge in [0, 0.05) is 17.1 Å². The van der Waals surface area contributed by atoms with Gasteiger partial charge < -0.3 is 5.32 Å². The number of carbonyl (C=O) groups is 1. The molecule has 0 saturated carbocycles. The van der Waals surface area contributed by atoms with Crippen molar-refractivity contribution in [3.05, 3.63) is 70.7 Å². The Morgan fingerprint density at radius 2 is 1.67 bits per heavy atom. The Bertz CT molecular complexity index is 651. The first-order valence-electron chi connectivity index (χ1n) is 8.57. The summed E-state index contributed by atoms with van der Waals surface area (Å²) in [4.78, 5) is 14.8. The lowest BCUT2D eigenvalue weighted by Gasteiger charge is -2.35. The largest absolute Gasteiger partial charge is 0.350 e. The number of likely N-dealkylation sites (tertiary alicyclic amines) is 1. The molecule has 1 amide bonds. The lowest BCUT2D eigenvalue weighted by Crippen LogP contribution is -2.40. The van der Waals surface area contributed by atoms with Gasteiger partial charge in [0.1, 0.15) is 0 Å². The molecule has 24 heavy (non-hydrogen) atoms. The van der Waals surface area contributed by atoms with E-state index in [9.17, 15) is 4.79 Å². The van der Waals surface area contributed by atoms with E-state index in [1.807, 2.05) is 42.5 Å². The Labute approximate surface area is 148 Å². The third-order valence-electron chi connectivity index (χ3n) is 4.58. The summed E-state index contributed by atoms with van der Waals surface area (Å²) < 4.78 is 0. The van der Waals surface area contributed by atoms with E-state index in [4.69, 9.17) is 11.6 Å². The summed E-state index contributed by atoms with van der Waals surface area (Å²) in [6, 6.07) is 17.5. The van der Waals surface area contributed by atoms with Crippen LogP contribution in [0.1, 0.15) is 41.2 Å². The molecule has 0 bridgehead atoms. The Balaban J connectivity index is 1.72. The van der Waals surface area contributed by atoms with Gasteiger partial charge in [0.2, 0.25) is 0 Å². The van der Waals surface area contributed by atoms with E-state index in [0.29, 0.717) is 12.1 Å². The molecule has 0 radical (unpaired) electrons. The minimum absolute atomic E-state index is 0.0217. The van der Waals surface area contributed by atoms with E-state index in [1.54, 1.807) is 0 Å². The molecule has 1 aliphatic rings. The van der Waals surface area contributed by atoms with Crippen molar-refractivity contribution in [2.75, 3.05) is 19.6 Å². The summed E-state index contributed by atoms with van der Waals surface area (Å²) >= 11 is 6.03. The van der Waals surface area contributed by atoms with Crippen LogP contribution < -0.4 is 5.32 Å². The predicted octanol–water partition coefficient (Wildman–Crippen LogP) is 4.30. The molecule has 1 saturated heterocycles. The first-order chi connectivity index (χ1) is 11.7. The first kappa shape index (κ1) is 17.0. The lowest BCUT2D eigenvalue weighted by molar-refractivity contribution is 0.0924. The van der Waals surface area contributed by atoms with Crippen molar-refractivity contribution in [1.29, 1.82) is 0 Å². The van der Waals surface area contributed by atoms with Crippen molar-refractivity contribution in [2.24, 2.45) is 0 Å². The van der Waals surface area contributed by atoms with Crippen molar-refractivity contribution in [2.45, 2.75) is 25.3 Å². The van der Waals surface area contributed by atoms with Crippen LogP contribution in [0.15, 0.2) is 54.6 Å². The van der Waals surface area contributed by atoms with Gasteiger partial charge in [0.05, 0.1) is 6.04 Å². The topological polar surface area (TPSA) is 32.3 Å². The zero-order valence-electron chi connectivity index (χ0n) is 13.7. The molecular weight excluding hydrogens is 320 g/mol. The summed E-state index contributed by atoms with van der Waals surface area (Å²) in [7, 11) is 0. The SMILES string of the molecule is O=C(NC[C@H](c1ccc(Cl)cc1)N1CCCCC1)c1ccccc1. The normalized spacial score (nSPS) is 16.5. The maximum absolute atomic E-state index is 12.4. The van der Waals surface area contributed by atoms with Crippen LogP contribution in [0.2, 0.25) is 5.02 Å². The molecule has 1 N–H and O–H groups in total. The second-order valence-electron chi connectivity index (χ2n) is 6.24. The van der Waals surface area contributed by atoms with Crippen LogP contribution in [0, 0.1) is 0 Å². The van der Waals surface area contributed by atoms with E-state index in [-0.39, 0.29) is 11.9 Å². The Morgan fingerprint density at radius 3 is 2.33 bits per heavy atom. The number of halogens is 1. The summed E-state index contributed by atoms with van der Waals surface area (Å²) in [5.41, 5.74) is 1.90. The molecule has 4 heteroatoms. The third kappa shape index (κ3) is 4.37. The molecule has 1 aliphatic heterocycles. The van der Waals surface area contributed by atoms with Gasteiger partial charge in [-0.15, -0.1) is 0 Å². The van der Waals surface area contributed by atoms with Crippen molar-refractivity contribution < 1.29 is 4.79 Å². The molecule has 2 aromatic carbocycles. The van der Waals surface area contributed by atoms with Gasteiger partial charge in [-0.25, -0.2) is 0 Å². The van der Waals surface area contributed by atoms with Gasteiger partial charge in [-0.2, -0.15) is 0 Å². The second kappa shape index (κ2) is 8.32. The van der Waals surface area contributed by atoms with Crippen molar-refractivity contribution in [3.8, 4) is 0 Å². The molecule has 1 heterocycles. The molecule has 2 aromatic rings. The van der Waals surface area contributed by atoms with Crippen LogP contribution in [0.25, 0.3) is 0 Å². The number of nitrogens with zero attached hydrogens (tertiary/aromatic N) is 1. The van der Waals surface area contributed by atoms with Crippen LogP contribution in [0.4, 0.5) is 0 Å². The van der Waals surface area contributed by atoms with Crippen LogP contribution >= 0.6 is 11.6 Å². The minimum atomic E-state index is -0.0217. The Morgan fingerprint density at radius 1 is 1.00 bits per heavy atom. The van der Waals surface area contributed by atoms with Gasteiger partial charge in [-0.3, -0.25) is 9.69 Å². The quantitative estimate of drug-likeness (QED) is 0.878. The predicted molar refractivity (Wildman–Crippen MR) is 98.4 cm³/mol. The number of hydrogen-bond acceptors (Lipinski definition) is 2. The summed E-state index contributed by atoms with van der Waals surface area (Å²) in [6.07, 6.45) is 3.73. The fraction of sp³-hybridized carbons (Fsp3) is 0.350. The Hall–Kier alpha value is -1.84. The molecule has 1 atom stereocenters. The third-order valence-corrected chi connectivity index (χ3v) is 4.83. The molecule has 3 rings (SSSR count). The number of rotatable bonds is 5. The van der Waals surface area contributed by atoms with Gasteiger partial charge in [0.25, 0.3) is 5.91 Å². The van der Waals surface area contributed by atoms with Crippen molar-refractivity contribution in [3.63, 3.8) is 0 Å². The van der Waals surface area contributed by atoms with E-state index in [2.05, 4.69) is 22.3 Å². The molecule has 0 unspecified atom stereocenters. The van der Waals surface area contributed by atoms with Gasteiger partial charge in [-0.1, -0.05) is 48.4 Å². The molecule has 0 aliphatic carbocycles. The lowest BCUT2D eigenvalue weighted by atomic mass is 10.0. The van der Waals surface area contributed by atoms with E-state index in [0.717, 1.165) is 18.1 Å². The highest BCUT2D eigenvalue weighted by atomic mass is 35.5. The maximum Gasteiger partial charge on any atom is 0.251 e. The second-order valence-corrected chi connectivity index (χ2v) is 6.68. The molecule has 1 fully saturated rings. The number of carbonyl (C=O) groups excluding carboxylic acids is 1. The highest BCUT2D eigenvalue weighted by molar-refractivity contribution is 6.30. The zero-order valence-corrected chi connectivity index (χ0v) is 14.5. The molecule has 3 nitrogen and oxygen atoms in total. The average molecular weight is 343 g/mol. The first-order valence-corrected chi connectivity index (χ1v) is 8.94. The maximum atomic E-state index is 12.4. The number of amides is 1. The molecule has 0 aromatic heterocycles. The van der Waals surface area contributed by atoms with Crippen molar-refractivity contribution in [1.82, 2.24) is 10.2 Å². The summed E-state index contributed by atoms with van der Waals surface area (Å²) in [5, 5.41) is 3.84. The Kier molecular flexibility index (Phi) is 5.89. The smallest absolute Gasteiger partial charge is 0.251 e. The van der Waals surface area contributed by atoms with Gasteiger partial charge in [0.15, 0.2) is 0 Å². The van der Waals surface area contributed by atoms with Crippen LogP contribution in [-0.4, -0.2) is 30.4 Å². The summed E-state index contributed by atoms with van der Waals surface area (Å²) in [5.74, 6) is -0.0217. The fourth-order valence-corrected chi connectivity index (χ4v) is 3.38. The highest BCUT2D eigenvalue weighted by Crippen LogP contribution is 2.25. The van der Waals surface area contributed by atoms with E-state index < -0.39 is 0 Å². The minimum Gasteiger partial charge on any atom is -0.350 e. The molecule has 126 valence electrons. The number of hydrogen-bond donors (Lipinski definition) is 1. The zero-order chi connectivity index (χ0) is 16.8. The van der Waals surface area contributed by atoms with Crippen LogP contribution in [-0.2, 0) is 0 Å². The van der Waals surface area contributed by atoms with Gasteiger partial charge in [-0.05, 0) is 55.8 Å². The molecular formula is C20H23ClN2O. The van der Waals surface area contributed by atoms with E-state index >= 15 is 0 Å². The van der Waals surface area contributed by atoms with Crippen LogP contribution in [0.3, 0.4) is 0 Å². The highest BCUT2D eigenvalue weighted by Gasteiger charge is 2.23. The fourth-order valence-electron chi connectivity index (χ4n) is 3.25. The number of nitrogens with one attached hydrogen (secondary N) is 1. The standard InChI is InChI=1S/C20H23ClN2O/c21-18-11-9-16(10-12-18)19(23-13-5-2-6-14-23)15-22-20(24)17-7-3-1-4-8-17/h1,3-4,7-12,19H,2,5-6,13-15H2,(H,22,24)/t19-/m1/s1. The average Bonchev–Trinajstić information content (AvgIpc) is 2.65. The van der Waals surface area contributed by atoms with E-state index in [1.165, 1.54) is 24.8 Å². The van der Waals surface area contributed by atoms with Gasteiger partial charge >= 0.3 is 0 Å². The summed E-state index contributed by atoms with van der Waals surface area (Å²) in [6.45, 7) is 2.76. The number of benzene rings is 2. The van der Waals surface area contributed by atoms with Crippen LogP contribution in [0.5, 0.6) is 0 Å². The monoisotopic (exact) mass is 342 g/mol.